The fourth-order valence-electron chi connectivity index (χ4n) is 4.00. The zero-order valence-electron chi connectivity index (χ0n) is 19.7. The molecule has 0 aromatic heterocycles. The van der Waals surface area contributed by atoms with Crippen LogP contribution in [0, 0.1) is 11.6 Å². The molecule has 0 bridgehead atoms. The molecule has 0 unspecified atom stereocenters. The topological polar surface area (TPSA) is 138 Å². The van der Waals surface area contributed by atoms with E-state index in [9.17, 15) is 19.2 Å². The van der Waals surface area contributed by atoms with Gasteiger partial charge in [-0.2, -0.15) is 0 Å². The van der Waals surface area contributed by atoms with Crippen molar-refractivity contribution in [3.8, 4) is 11.1 Å². The van der Waals surface area contributed by atoms with Crippen molar-refractivity contribution in [2.75, 3.05) is 42.6 Å². The third kappa shape index (κ3) is 5.77. The summed E-state index contributed by atoms with van der Waals surface area (Å²) in [6.07, 6.45) is -2.71. The van der Waals surface area contributed by atoms with E-state index in [1.54, 1.807) is 0 Å². The number of benzene rings is 2. The molecular weight excluding hydrogens is 494 g/mol. The van der Waals surface area contributed by atoms with E-state index in [0.717, 1.165) is 12.1 Å². The van der Waals surface area contributed by atoms with E-state index in [2.05, 4.69) is 10.6 Å². The Morgan fingerprint density at radius 1 is 0.892 bits per heavy atom. The Bertz CT molecular complexity index is 1240. The van der Waals surface area contributed by atoms with Gasteiger partial charge in [-0.15, -0.1) is 0 Å². The maximum atomic E-state index is 15.0. The van der Waals surface area contributed by atoms with Crippen molar-refractivity contribution in [1.29, 1.82) is 0 Å². The highest BCUT2D eigenvalue weighted by Gasteiger charge is 2.34. The van der Waals surface area contributed by atoms with Gasteiger partial charge in [0.2, 0.25) is 11.8 Å². The highest BCUT2D eigenvalue weighted by molar-refractivity contribution is 5.91. The molecule has 2 fully saturated rings. The molecule has 196 valence electrons. The minimum absolute atomic E-state index is 0.0156. The summed E-state index contributed by atoms with van der Waals surface area (Å²) >= 11 is 0. The van der Waals surface area contributed by atoms with Gasteiger partial charge in [0, 0.05) is 18.1 Å². The molecule has 2 aromatic carbocycles. The van der Waals surface area contributed by atoms with Crippen LogP contribution in [0.3, 0.4) is 0 Å². The zero-order valence-corrected chi connectivity index (χ0v) is 19.7. The van der Waals surface area contributed by atoms with Gasteiger partial charge in [0.25, 0.3) is 0 Å². The van der Waals surface area contributed by atoms with Gasteiger partial charge in [-0.3, -0.25) is 19.4 Å². The third-order valence-corrected chi connectivity index (χ3v) is 5.82. The molecule has 2 heterocycles. The number of nitrogens with one attached hydrogen (secondary N) is 2. The number of anilines is 2. The van der Waals surface area contributed by atoms with Crippen LogP contribution in [0.1, 0.15) is 6.92 Å². The number of halogens is 2. The number of aliphatic hydroxyl groups is 1. The molecule has 0 spiro atoms. The lowest BCUT2D eigenvalue weighted by Gasteiger charge is -2.16. The molecule has 0 saturated carbocycles. The summed E-state index contributed by atoms with van der Waals surface area (Å²) in [5, 5.41) is 13.7. The summed E-state index contributed by atoms with van der Waals surface area (Å²) in [5.74, 6) is -2.46. The number of hydrogen-bond acceptors (Lipinski definition) is 7. The van der Waals surface area contributed by atoms with Crippen LogP contribution in [0.25, 0.3) is 11.1 Å². The van der Waals surface area contributed by atoms with Crippen LogP contribution in [0.15, 0.2) is 36.4 Å². The maximum Gasteiger partial charge on any atom is 0.414 e. The second kappa shape index (κ2) is 10.8. The van der Waals surface area contributed by atoms with E-state index in [4.69, 9.17) is 14.6 Å². The first-order valence-corrected chi connectivity index (χ1v) is 11.3. The van der Waals surface area contributed by atoms with Crippen molar-refractivity contribution in [2.45, 2.75) is 19.1 Å². The van der Waals surface area contributed by atoms with Crippen LogP contribution in [-0.2, 0) is 19.1 Å². The van der Waals surface area contributed by atoms with Gasteiger partial charge >= 0.3 is 12.2 Å². The van der Waals surface area contributed by atoms with E-state index >= 15 is 8.78 Å². The number of hydrogen-bond donors (Lipinski definition) is 3. The number of rotatable bonds is 8. The third-order valence-electron chi connectivity index (χ3n) is 5.82. The van der Waals surface area contributed by atoms with Gasteiger partial charge in [-0.1, -0.05) is 0 Å². The molecule has 11 nitrogen and oxygen atoms in total. The molecule has 2 aliphatic heterocycles. The standard InChI is InChI=1S/C24H24F2N4O7/c1-13(32)27-8-16-10-29(23(34)36-16)14-2-4-18(20(25)6-14)19-5-3-15(7-21(19)26)30-11-17(37-24(30)35)9-28-22(33)12-31/h2-7,16-17,31H,8-12H2,1H3,(H,27,32)(H,28,33)/t16-,17+/m1/s1. The Balaban J connectivity index is 1.46. The average molecular weight is 518 g/mol. The quantitative estimate of drug-likeness (QED) is 0.482. The van der Waals surface area contributed by atoms with Gasteiger partial charge < -0.3 is 25.2 Å². The lowest BCUT2D eigenvalue weighted by atomic mass is 10.0. The van der Waals surface area contributed by atoms with Crippen LogP contribution in [-0.4, -0.2) is 74.1 Å². The van der Waals surface area contributed by atoms with Crippen molar-refractivity contribution in [1.82, 2.24) is 10.6 Å². The minimum Gasteiger partial charge on any atom is -0.442 e. The summed E-state index contributed by atoms with van der Waals surface area (Å²) in [5.41, 5.74) is 0.292. The van der Waals surface area contributed by atoms with Crippen molar-refractivity contribution in [2.24, 2.45) is 0 Å². The second-order valence-corrected chi connectivity index (χ2v) is 8.46. The lowest BCUT2D eigenvalue weighted by Crippen LogP contribution is -2.36. The van der Waals surface area contributed by atoms with Crippen LogP contribution in [0.2, 0.25) is 0 Å². The Hall–Kier alpha value is -4.26. The summed E-state index contributed by atoms with van der Waals surface area (Å²) in [7, 11) is 0. The Morgan fingerprint density at radius 3 is 1.76 bits per heavy atom. The highest BCUT2D eigenvalue weighted by Crippen LogP contribution is 2.33. The summed E-state index contributed by atoms with van der Waals surface area (Å²) < 4.78 is 40.3. The Labute approximate surface area is 209 Å². The minimum atomic E-state index is -0.787. The monoisotopic (exact) mass is 518 g/mol. The predicted molar refractivity (Wildman–Crippen MR) is 126 cm³/mol. The smallest absolute Gasteiger partial charge is 0.414 e. The summed E-state index contributed by atoms with van der Waals surface area (Å²) in [6, 6.07) is 7.71. The number of cyclic esters (lactones) is 2. The molecule has 13 heteroatoms. The Morgan fingerprint density at radius 2 is 1.35 bits per heavy atom. The number of aliphatic hydroxyl groups excluding tert-OH is 1. The highest BCUT2D eigenvalue weighted by atomic mass is 19.1. The van der Waals surface area contributed by atoms with E-state index in [1.807, 2.05) is 0 Å². The molecule has 37 heavy (non-hydrogen) atoms. The average Bonchev–Trinajstić information content (AvgIpc) is 3.43. The van der Waals surface area contributed by atoms with Crippen molar-refractivity contribution < 1.29 is 42.5 Å². The molecule has 2 atom stereocenters. The number of carbonyl (C=O) groups excluding carboxylic acids is 4. The molecule has 0 aliphatic carbocycles. The van der Waals surface area contributed by atoms with Gasteiger partial charge in [0.15, 0.2) is 0 Å². The first-order chi connectivity index (χ1) is 17.7. The summed E-state index contributed by atoms with van der Waals surface area (Å²) in [4.78, 5) is 49.0. The fraction of sp³-hybridized carbons (Fsp3) is 0.333. The van der Waals surface area contributed by atoms with Gasteiger partial charge in [0.1, 0.15) is 30.4 Å². The number of nitrogens with zero attached hydrogens (tertiary/aromatic N) is 2. The number of carbonyl (C=O) groups is 4. The van der Waals surface area contributed by atoms with Crippen LogP contribution < -0.4 is 20.4 Å². The number of amides is 4. The maximum absolute atomic E-state index is 15.0. The number of ether oxygens (including phenoxy) is 2. The first kappa shape index (κ1) is 25.8. The van der Waals surface area contributed by atoms with E-state index in [0.29, 0.717) is 0 Å². The molecule has 2 aliphatic rings. The van der Waals surface area contributed by atoms with Crippen LogP contribution in [0.4, 0.5) is 29.7 Å². The van der Waals surface area contributed by atoms with Gasteiger partial charge in [0.05, 0.1) is 37.6 Å². The lowest BCUT2D eigenvalue weighted by molar-refractivity contribution is -0.124. The molecule has 2 saturated heterocycles. The van der Waals surface area contributed by atoms with Gasteiger partial charge in [-0.05, 0) is 36.4 Å². The fourth-order valence-corrected chi connectivity index (χ4v) is 4.00. The molecule has 2 aromatic rings. The first-order valence-electron chi connectivity index (χ1n) is 11.3. The van der Waals surface area contributed by atoms with Gasteiger partial charge in [-0.25, -0.2) is 18.4 Å². The van der Waals surface area contributed by atoms with E-state index in [1.165, 1.54) is 41.0 Å². The summed E-state index contributed by atoms with van der Waals surface area (Å²) in [6.45, 7) is 0.898. The normalized spacial score (nSPS) is 19.0. The second-order valence-electron chi connectivity index (χ2n) is 8.46. The van der Waals surface area contributed by atoms with E-state index < -0.39 is 48.5 Å². The molecule has 3 N–H and O–H groups in total. The predicted octanol–water partition coefficient (Wildman–Crippen LogP) is 1.53. The van der Waals surface area contributed by atoms with Crippen LogP contribution >= 0.6 is 0 Å². The molecular formula is C24H24F2N4O7. The zero-order chi connectivity index (χ0) is 26.7. The largest absolute Gasteiger partial charge is 0.442 e. The van der Waals surface area contributed by atoms with Crippen molar-refractivity contribution >= 4 is 35.4 Å². The molecule has 4 rings (SSSR count). The SMILES string of the molecule is CC(=O)NC[C@@H]1CN(c2ccc(-c3ccc(N4C[C@H](CNC(=O)CO)OC4=O)cc3F)c(F)c2)C(=O)O1. The molecule has 4 amide bonds. The van der Waals surface area contributed by atoms with Crippen molar-refractivity contribution in [3.63, 3.8) is 0 Å². The van der Waals surface area contributed by atoms with E-state index in [-0.39, 0.29) is 54.6 Å². The van der Waals surface area contributed by atoms with Crippen LogP contribution in [0.5, 0.6) is 0 Å². The molecule has 0 radical (unpaired) electrons. The van der Waals surface area contributed by atoms with Crippen molar-refractivity contribution in [3.05, 3.63) is 48.0 Å². The Kier molecular flexibility index (Phi) is 7.53.